The number of benzene rings is 3. The largest absolute Gasteiger partial charge is 0.355 e. The molecule has 3 heterocycles. The summed E-state index contributed by atoms with van der Waals surface area (Å²) in [6, 6.07) is 23.1. The van der Waals surface area contributed by atoms with Gasteiger partial charge >= 0.3 is 0 Å². The van der Waals surface area contributed by atoms with E-state index in [0.29, 0.717) is 27.9 Å². The molecule has 3 aromatic carbocycles. The fourth-order valence-corrected chi connectivity index (χ4v) is 4.83. The molecule has 1 saturated heterocycles. The average Bonchev–Trinajstić information content (AvgIpc) is 2.94. The number of nitrogens with one attached hydrogen (secondary N) is 3. The van der Waals surface area contributed by atoms with Gasteiger partial charge in [-0.25, -0.2) is 0 Å². The number of nitrogens with zero attached hydrogens (tertiary/aromatic N) is 6. The summed E-state index contributed by atoms with van der Waals surface area (Å²) in [4.78, 5) is 23.0. The summed E-state index contributed by atoms with van der Waals surface area (Å²) in [7, 11) is 2.12. The molecule has 1 aliphatic rings. The van der Waals surface area contributed by atoms with E-state index in [2.05, 4.69) is 42.8 Å². The average molecular weight is 573 g/mol. The van der Waals surface area contributed by atoms with E-state index in [1.165, 1.54) is 0 Å². The molecule has 5 aromatic rings. The second-order valence-electron chi connectivity index (χ2n) is 9.56. The molecular weight excluding hydrogens is 545 g/mol. The molecule has 0 unspecified atom stereocenters. The fourth-order valence-electron chi connectivity index (χ4n) is 4.47. The van der Waals surface area contributed by atoms with E-state index in [1.807, 2.05) is 72.8 Å². The molecule has 0 spiro atoms. The third-order valence-corrected chi connectivity index (χ3v) is 7.09. The number of fused-ring (bicyclic) bond motifs is 1. The highest BCUT2D eigenvalue weighted by molar-refractivity contribution is 6.31. The first-order valence-electron chi connectivity index (χ1n) is 12.9. The van der Waals surface area contributed by atoms with E-state index in [4.69, 9.17) is 33.2 Å². The maximum Gasteiger partial charge on any atom is 0.233 e. The van der Waals surface area contributed by atoms with Crippen LogP contribution in [0.15, 0.2) is 79.0 Å². The number of anilines is 7. The standard InChI is InChI=1S/C29H27Cl2N9/c1-39-13-15-40(16-14-39)29-37-27(36-28(38-29)35-23-4-2-3-19(30)17-23)34-22-8-6-21(7-9-22)33-25-11-12-32-26-18-20(31)5-10-24(25)26/h2-12,17-18H,13-16H2,1H3,(H,32,33)(H2,34,35,36,37,38). The molecule has 0 amide bonds. The lowest BCUT2D eigenvalue weighted by Gasteiger charge is -2.32. The number of aromatic nitrogens is 4. The minimum absolute atomic E-state index is 0.441. The summed E-state index contributed by atoms with van der Waals surface area (Å²) in [6.45, 7) is 3.57. The van der Waals surface area contributed by atoms with Gasteiger partial charge in [-0.15, -0.1) is 0 Å². The molecule has 0 atom stereocenters. The summed E-state index contributed by atoms with van der Waals surface area (Å²) in [6.07, 6.45) is 1.77. The molecular formula is C29H27Cl2N9. The van der Waals surface area contributed by atoms with Crippen LogP contribution in [0, 0.1) is 0 Å². The first-order valence-corrected chi connectivity index (χ1v) is 13.6. The zero-order valence-electron chi connectivity index (χ0n) is 21.8. The summed E-state index contributed by atoms with van der Waals surface area (Å²) in [5, 5.41) is 12.4. The highest BCUT2D eigenvalue weighted by Gasteiger charge is 2.19. The van der Waals surface area contributed by atoms with Gasteiger partial charge in [-0.3, -0.25) is 4.98 Å². The summed E-state index contributed by atoms with van der Waals surface area (Å²) in [5.41, 5.74) is 4.37. The number of hydrogen-bond acceptors (Lipinski definition) is 9. The molecule has 9 nitrogen and oxygen atoms in total. The molecule has 1 aliphatic heterocycles. The van der Waals surface area contributed by atoms with Crippen molar-refractivity contribution in [3.63, 3.8) is 0 Å². The van der Waals surface area contributed by atoms with Crippen LogP contribution in [0.4, 0.5) is 40.6 Å². The lowest BCUT2D eigenvalue weighted by molar-refractivity contribution is 0.311. The van der Waals surface area contributed by atoms with Crippen molar-refractivity contribution in [2.75, 3.05) is 54.1 Å². The van der Waals surface area contributed by atoms with Crippen molar-refractivity contribution in [2.45, 2.75) is 0 Å². The number of halogens is 2. The molecule has 0 radical (unpaired) electrons. The Kier molecular flexibility index (Phi) is 7.50. The van der Waals surface area contributed by atoms with Gasteiger partial charge in [0.05, 0.1) is 5.52 Å². The minimum atomic E-state index is 0.441. The number of piperazine rings is 1. The van der Waals surface area contributed by atoms with E-state index < -0.39 is 0 Å². The molecule has 0 aliphatic carbocycles. The van der Waals surface area contributed by atoms with Crippen LogP contribution in [0.2, 0.25) is 10.0 Å². The van der Waals surface area contributed by atoms with E-state index in [1.54, 1.807) is 6.20 Å². The summed E-state index contributed by atoms with van der Waals surface area (Å²) < 4.78 is 0. The van der Waals surface area contributed by atoms with Gasteiger partial charge < -0.3 is 25.8 Å². The van der Waals surface area contributed by atoms with E-state index in [-0.39, 0.29) is 0 Å². The molecule has 6 rings (SSSR count). The van der Waals surface area contributed by atoms with Gasteiger partial charge in [0.1, 0.15) is 0 Å². The molecule has 40 heavy (non-hydrogen) atoms. The predicted molar refractivity (Wildman–Crippen MR) is 164 cm³/mol. The number of likely N-dealkylation sites (N-methyl/N-ethyl adjacent to an activating group) is 1. The van der Waals surface area contributed by atoms with Gasteiger partial charge in [0.2, 0.25) is 17.8 Å². The van der Waals surface area contributed by atoms with Crippen molar-refractivity contribution < 1.29 is 0 Å². The Morgan fingerprint density at radius 3 is 2.08 bits per heavy atom. The van der Waals surface area contributed by atoms with Gasteiger partial charge in [0.15, 0.2) is 0 Å². The maximum absolute atomic E-state index is 6.18. The molecule has 3 N–H and O–H groups in total. The van der Waals surface area contributed by atoms with Crippen molar-refractivity contribution in [3.8, 4) is 0 Å². The minimum Gasteiger partial charge on any atom is -0.355 e. The van der Waals surface area contributed by atoms with Crippen molar-refractivity contribution in [1.82, 2.24) is 24.8 Å². The lowest BCUT2D eigenvalue weighted by Crippen LogP contribution is -2.45. The first-order chi connectivity index (χ1) is 19.5. The van der Waals surface area contributed by atoms with Crippen molar-refractivity contribution in [1.29, 1.82) is 0 Å². The lowest BCUT2D eigenvalue weighted by atomic mass is 10.2. The van der Waals surface area contributed by atoms with E-state index >= 15 is 0 Å². The van der Waals surface area contributed by atoms with Gasteiger partial charge in [-0.2, -0.15) is 15.0 Å². The Morgan fingerprint density at radius 1 is 0.675 bits per heavy atom. The summed E-state index contributed by atoms with van der Waals surface area (Å²) in [5.74, 6) is 1.51. The zero-order valence-corrected chi connectivity index (χ0v) is 23.3. The third kappa shape index (κ3) is 6.17. The van der Waals surface area contributed by atoms with Crippen LogP contribution >= 0.6 is 23.2 Å². The number of hydrogen-bond donors (Lipinski definition) is 3. The van der Waals surface area contributed by atoms with Crippen LogP contribution in [-0.2, 0) is 0 Å². The van der Waals surface area contributed by atoms with E-state index in [9.17, 15) is 0 Å². The molecule has 0 saturated carbocycles. The van der Waals surface area contributed by atoms with Gasteiger partial charge in [0, 0.05) is 70.6 Å². The van der Waals surface area contributed by atoms with Crippen LogP contribution in [-0.4, -0.2) is 58.1 Å². The Morgan fingerprint density at radius 2 is 1.35 bits per heavy atom. The van der Waals surface area contributed by atoms with Crippen molar-refractivity contribution in [3.05, 3.63) is 89.0 Å². The third-order valence-electron chi connectivity index (χ3n) is 6.62. The normalized spacial score (nSPS) is 13.8. The Bertz CT molecular complexity index is 1640. The highest BCUT2D eigenvalue weighted by atomic mass is 35.5. The summed E-state index contributed by atoms with van der Waals surface area (Å²) >= 11 is 12.3. The zero-order chi connectivity index (χ0) is 27.5. The monoisotopic (exact) mass is 571 g/mol. The Balaban J connectivity index is 1.23. The first kappa shape index (κ1) is 26.1. The smallest absolute Gasteiger partial charge is 0.233 e. The van der Waals surface area contributed by atoms with Crippen LogP contribution in [0.5, 0.6) is 0 Å². The van der Waals surface area contributed by atoms with Crippen molar-refractivity contribution >= 4 is 74.7 Å². The van der Waals surface area contributed by atoms with Crippen LogP contribution < -0.4 is 20.9 Å². The van der Waals surface area contributed by atoms with Gasteiger partial charge in [-0.1, -0.05) is 29.3 Å². The number of pyridine rings is 1. The molecule has 202 valence electrons. The molecule has 2 aromatic heterocycles. The van der Waals surface area contributed by atoms with E-state index in [0.717, 1.165) is 59.8 Å². The molecule has 1 fully saturated rings. The SMILES string of the molecule is CN1CCN(c2nc(Nc3ccc(Nc4ccnc5cc(Cl)ccc45)cc3)nc(Nc3cccc(Cl)c3)n2)CC1. The second-order valence-corrected chi connectivity index (χ2v) is 10.4. The predicted octanol–water partition coefficient (Wildman–Crippen LogP) is 6.71. The Labute approximate surface area is 242 Å². The maximum atomic E-state index is 6.18. The second kappa shape index (κ2) is 11.5. The number of rotatable bonds is 7. The van der Waals surface area contributed by atoms with Gasteiger partial charge in [-0.05, 0) is 73.8 Å². The quantitative estimate of drug-likeness (QED) is 0.197. The highest BCUT2D eigenvalue weighted by Crippen LogP contribution is 2.28. The molecule has 0 bridgehead atoms. The molecule has 11 heteroatoms. The van der Waals surface area contributed by atoms with Crippen molar-refractivity contribution in [2.24, 2.45) is 0 Å². The van der Waals surface area contributed by atoms with Crippen LogP contribution in [0.3, 0.4) is 0 Å². The van der Waals surface area contributed by atoms with Crippen LogP contribution in [0.25, 0.3) is 10.9 Å². The van der Waals surface area contributed by atoms with Crippen LogP contribution in [0.1, 0.15) is 0 Å². The Hall–Kier alpha value is -4.18. The topological polar surface area (TPSA) is 94.1 Å². The fraction of sp³-hybridized carbons (Fsp3) is 0.172. The van der Waals surface area contributed by atoms with Gasteiger partial charge in [0.25, 0.3) is 0 Å².